The molecular weight excluding hydrogens is 232 g/mol. The van der Waals surface area contributed by atoms with Crippen LogP contribution in [0.15, 0.2) is 24.3 Å². The second-order valence-electron chi connectivity index (χ2n) is 6.81. The molecule has 1 atom stereocenters. The zero-order valence-electron chi connectivity index (χ0n) is 12.2. The first-order valence-corrected chi connectivity index (χ1v) is 7.68. The van der Waals surface area contributed by atoms with Crippen LogP contribution in [0.5, 0.6) is 0 Å². The van der Waals surface area contributed by atoms with Crippen molar-refractivity contribution in [2.75, 3.05) is 13.1 Å². The number of nitrogens with zero attached hydrogens (tertiary/aromatic N) is 1. The Morgan fingerprint density at radius 1 is 1.37 bits per heavy atom. The molecule has 1 saturated heterocycles. The van der Waals surface area contributed by atoms with E-state index in [0.717, 1.165) is 12.5 Å². The summed E-state index contributed by atoms with van der Waals surface area (Å²) in [6.07, 6.45) is 5.32. The molecule has 3 rings (SSSR count). The smallest absolute Gasteiger partial charge is 0.0475 e. The van der Waals surface area contributed by atoms with Crippen molar-refractivity contribution in [2.24, 2.45) is 5.73 Å². The summed E-state index contributed by atoms with van der Waals surface area (Å²) in [6, 6.07) is 9.55. The van der Waals surface area contributed by atoms with Crippen LogP contribution in [0.25, 0.3) is 0 Å². The second-order valence-corrected chi connectivity index (χ2v) is 6.81. The van der Waals surface area contributed by atoms with Crippen LogP contribution < -0.4 is 5.73 Å². The maximum Gasteiger partial charge on any atom is 0.0475 e. The van der Waals surface area contributed by atoms with E-state index in [9.17, 15) is 0 Å². The summed E-state index contributed by atoms with van der Waals surface area (Å²) in [6.45, 7) is 6.61. The predicted molar refractivity (Wildman–Crippen MR) is 80.2 cm³/mol. The minimum atomic E-state index is 0.291. The number of hydrogen-bond donors (Lipinski definition) is 1. The molecule has 19 heavy (non-hydrogen) atoms. The average Bonchev–Trinajstić information content (AvgIpc) is 3.17. The highest BCUT2D eigenvalue weighted by atomic mass is 15.2. The molecule has 1 saturated carbocycles. The van der Waals surface area contributed by atoms with Gasteiger partial charge in [-0.15, -0.1) is 0 Å². The van der Waals surface area contributed by atoms with Gasteiger partial charge in [-0.05, 0) is 63.1 Å². The van der Waals surface area contributed by atoms with Crippen molar-refractivity contribution in [3.05, 3.63) is 35.4 Å². The number of benzene rings is 1. The zero-order valence-corrected chi connectivity index (χ0v) is 12.2. The third-order valence-corrected chi connectivity index (χ3v) is 4.91. The lowest BCUT2D eigenvalue weighted by Gasteiger charge is -2.38. The Morgan fingerprint density at radius 3 is 2.74 bits per heavy atom. The summed E-state index contributed by atoms with van der Waals surface area (Å²) in [5, 5.41) is 0. The fourth-order valence-corrected chi connectivity index (χ4v) is 3.59. The molecule has 1 heterocycles. The summed E-state index contributed by atoms with van der Waals surface area (Å²) in [5.41, 5.74) is 9.34. The normalized spacial score (nSPS) is 24.6. The molecule has 0 amide bonds. The number of nitrogens with two attached hydrogens (primary N) is 1. The monoisotopic (exact) mass is 258 g/mol. The molecular formula is C17H26N2. The van der Waals surface area contributed by atoms with Gasteiger partial charge in [-0.3, -0.25) is 4.90 Å². The quantitative estimate of drug-likeness (QED) is 0.896. The van der Waals surface area contributed by atoms with Crippen LogP contribution in [0.1, 0.15) is 62.6 Å². The van der Waals surface area contributed by atoms with E-state index in [1.54, 1.807) is 0 Å². The van der Waals surface area contributed by atoms with E-state index >= 15 is 0 Å². The minimum absolute atomic E-state index is 0.291. The van der Waals surface area contributed by atoms with Crippen molar-refractivity contribution < 1.29 is 0 Å². The summed E-state index contributed by atoms with van der Waals surface area (Å²) in [5.74, 6) is 0.824. The first-order valence-electron chi connectivity index (χ1n) is 7.68. The van der Waals surface area contributed by atoms with Crippen LogP contribution in [-0.4, -0.2) is 23.5 Å². The number of hydrogen-bond acceptors (Lipinski definition) is 2. The average molecular weight is 258 g/mol. The first kappa shape index (κ1) is 13.1. The summed E-state index contributed by atoms with van der Waals surface area (Å²) in [7, 11) is 0. The van der Waals surface area contributed by atoms with E-state index in [4.69, 9.17) is 5.73 Å². The summed E-state index contributed by atoms with van der Waals surface area (Å²) >= 11 is 0. The van der Waals surface area contributed by atoms with E-state index in [2.05, 4.69) is 43.0 Å². The fraction of sp³-hybridized carbons (Fsp3) is 0.647. The lowest BCUT2D eigenvalue weighted by Crippen LogP contribution is -2.43. The van der Waals surface area contributed by atoms with Gasteiger partial charge in [0.2, 0.25) is 0 Å². The standard InChI is InChI=1S/C17H26N2/c1-17(2)9-4-10-19(17)16(12-18)15-6-3-5-14(11-15)13-7-8-13/h3,5-6,11,13,16H,4,7-10,12,18H2,1-2H3. The maximum atomic E-state index is 6.11. The first-order chi connectivity index (χ1) is 9.12. The van der Waals surface area contributed by atoms with Gasteiger partial charge in [-0.2, -0.15) is 0 Å². The molecule has 2 fully saturated rings. The van der Waals surface area contributed by atoms with E-state index in [0.29, 0.717) is 11.6 Å². The zero-order chi connectivity index (χ0) is 13.5. The molecule has 1 aliphatic heterocycles. The van der Waals surface area contributed by atoms with Crippen LogP contribution in [-0.2, 0) is 0 Å². The maximum absolute atomic E-state index is 6.11. The van der Waals surface area contributed by atoms with Crippen molar-refractivity contribution >= 4 is 0 Å². The van der Waals surface area contributed by atoms with Gasteiger partial charge in [-0.1, -0.05) is 24.3 Å². The van der Waals surface area contributed by atoms with Gasteiger partial charge < -0.3 is 5.73 Å². The van der Waals surface area contributed by atoms with Gasteiger partial charge >= 0.3 is 0 Å². The molecule has 0 aromatic heterocycles. The molecule has 1 aromatic carbocycles. The Labute approximate surface area is 117 Å². The number of likely N-dealkylation sites (tertiary alicyclic amines) is 1. The van der Waals surface area contributed by atoms with Gasteiger partial charge in [0.15, 0.2) is 0 Å². The molecule has 0 radical (unpaired) electrons. The van der Waals surface area contributed by atoms with Gasteiger partial charge in [0.1, 0.15) is 0 Å². The molecule has 1 aliphatic carbocycles. The molecule has 1 unspecified atom stereocenters. The number of rotatable bonds is 4. The van der Waals surface area contributed by atoms with Gasteiger partial charge in [0, 0.05) is 18.1 Å². The van der Waals surface area contributed by atoms with E-state index in [-0.39, 0.29) is 0 Å². The van der Waals surface area contributed by atoms with Gasteiger partial charge in [-0.25, -0.2) is 0 Å². The summed E-state index contributed by atoms with van der Waals surface area (Å²) in [4.78, 5) is 2.61. The Hall–Kier alpha value is -0.860. The van der Waals surface area contributed by atoms with Crippen molar-refractivity contribution in [1.82, 2.24) is 4.90 Å². The fourth-order valence-electron chi connectivity index (χ4n) is 3.59. The van der Waals surface area contributed by atoms with Crippen LogP contribution in [0.2, 0.25) is 0 Å². The SMILES string of the molecule is CC1(C)CCCN1C(CN)c1cccc(C2CC2)c1. The van der Waals surface area contributed by atoms with Crippen molar-refractivity contribution in [1.29, 1.82) is 0 Å². The minimum Gasteiger partial charge on any atom is -0.329 e. The van der Waals surface area contributed by atoms with Crippen LogP contribution in [0, 0.1) is 0 Å². The van der Waals surface area contributed by atoms with Gasteiger partial charge in [0.05, 0.1) is 0 Å². The molecule has 2 N–H and O–H groups in total. The Bertz CT molecular complexity index is 448. The van der Waals surface area contributed by atoms with Crippen molar-refractivity contribution in [3.8, 4) is 0 Å². The van der Waals surface area contributed by atoms with E-state index < -0.39 is 0 Å². The molecule has 0 bridgehead atoms. The summed E-state index contributed by atoms with van der Waals surface area (Å²) < 4.78 is 0. The van der Waals surface area contributed by atoms with Crippen LogP contribution in [0.3, 0.4) is 0 Å². The molecule has 1 aromatic rings. The molecule has 2 heteroatoms. The third-order valence-electron chi connectivity index (χ3n) is 4.91. The Kier molecular flexibility index (Phi) is 3.40. The Balaban J connectivity index is 1.87. The van der Waals surface area contributed by atoms with E-state index in [1.807, 2.05) is 0 Å². The lowest BCUT2D eigenvalue weighted by atomic mass is 9.96. The van der Waals surface area contributed by atoms with Crippen LogP contribution >= 0.6 is 0 Å². The van der Waals surface area contributed by atoms with Gasteiger partial charge in [0.25, 0.3) is 0 Å². The molecule has 2 aliphatic rings. The van der Waals surface area contributed by atoms with E-state index in [1.165, 1.54) is 43.4 Å². The lowest BCUT2D eigenvalue weighted by molar-refractivity contribution is 0.119. The second kappa shape index (κ2) is 4.92. The highest BCUT2D eigenvalue weighted by Gasteiger charge is 2.37. The molecule has 2 nitrogen and oxygen atoms in total. The Morgan fingerprint density at radius 2 is 2.16 bits per heavy atom. The molecule has 0 spiro atoms. The third kappa shape index (κ3) is 2.56. The van der Waals surface area contributed by atoms with Crippen molar-refractivity contribution in [2.45, 2.75) is 57.0 Å². The molecule has 104 valence electrons. The largest absolute Gasteiger partial charge is 0.329 e. The topological polar surface area (TPSA) is 29.3 Å². The van der Waals surface area contributed by atoms with Crippen molar-refractivity contribution in [3.63, 3.8) is 0 Å². The highest BCUT2D eigenvalue weighted by Crippen LogP contribution is 2.42. The van der Waals surface area contributed by atoms with Crippen LogP contribution in [0.4, 0.5) is 0 Å². The predicted octanol–water partition coefficient (Wildman–Crippen LogP) is 3.44. The highest BCUT2D eigenvalue weighted by molar-refractivity contribution is 5.31.